The summed E-state index contributed by atoms with van der Waals surface area (Å²) in [4.78, 5) is 23.1. The Morgan fingerprint density at radius 2 is 2.10 bits per heavy atom. The molecule has 1 heterocycles. The summed E-state index contributed by atoms with van der Waals surface area (Å²) in [6.07, 6.45) is 0.489. The molecule has 0 bridgehead atoms. The van der Waals surface area contributed by atoms with Gasteiger partial charge >= 0.3 is 5.97 Å². The molecular formula is C15H20O5. The first-order valence-electron chi connectivity index (χ1n) is 7.11. The topological polar surface area (TPSA) is 83.8 Å². The van der Waals surface area contributed by atoms with E-state index in [0.29, 0.717) is 19.3 Å². The molecule has 1 aliphatic heterocycles. The quantitative estimate of drug-likeness (QED) is 0.414. The van der Waals surface area contributed by atoms with Gasteiger partial charge in [0, 0.05) is 22.8 Å². The van der Waals surface area contributed by atoms with Crippen molar-refractivity contribution in [3.05, 3.63) is 12.2 Å². The molecule has 0 radical (unpaired) electrons. The average Bonchev–Trinajstić information content (AvgIpc) is 2.68. The van der Waals surface area contributed by atoms with Crippen LogP contribution >= 0.6 is 0 Å². The summed E-state index contributed by atoms with van der Waals surface area (Å²) in [5, 5.41) is 20.7. The van der Waals surface area contributed by atoms with Crippen LogP contribution in [-0.2, 0) is 14.3 Å². The summed E-state index contributed by atoms with van der Waals surface area (Å²) in [6.45, 7) is 5.60. The summed E-state index contributed by atoms with van der Waals surface area (Å²) in [6, 6.07) is 0. The maximum atomic E-state index is 11.8. The van der Waals surface area contributed by atoms with Crippen LogP contribution in [0.4, 0.5) is 0 Å². The third-order valence-corrected chi connectivity index (χ3v) is 5.61. The van der Waals surface area contributed by atoms with Crippen molar-refractivity contribution in [1.29, 1.82) is 0 Å². The van der Waals surface area contributed by atoms with E-state index >= 15 is 0 Å². The highest BCUT2D eigenvalue weighted by Gasteiger charge is 2.62. The Kier molecular flexibility index (Phi) is 3.03. The van der Waals surface area contributed by atoms with Crippen LogP contribution in [0.15, 0.2) is 12.2 Å². The van der Waals surface area contributed by atoms with Gasteiger partial charge in [-0.2, -0.15) is 0 Å². The Balaban J connectivity index is 2.05. The Morgan fingerprint density at radius 3 is 2.75 bits per heavy atom. The zero-order chi connectivity index (χ0) is 14.7. The van der Waals surface area contributed by atoms with Gasteiger partial charge in [-0.05, 0) is 19.3 Å². The molecule has 1 saturated heterocycles. The molecule has 2 saturated carbocycles. The summed E-state index contributed by atoms with van der Waals surface area (Å²) in [5.41, 5.74) is -0.316. The maximum absolute atomic E-state index is 11.8. The van der Waals surface area contributed by atoms with Crippen molar-refractivity contribution >= 4 is 12.3 Å². The van der Waals surface area contributed by atoms with Gasteiger partial charge in [-0.3, -0.25) is 0 Å². The fourth-order valence-electron chi connectivity index (χ4n) is 4.55. The summed E-state index contributed by atoms with van der Waals surface area (Å²) >= 11 is 0. The van der Waals surface area contributed by atoms with E-state index in [4.69, 9.17) is 4.74 Å². The fourth-order valence-corrected chi connectivity index (χ4v) is 4.55. The number of aliphatic hydroxyl groups is 2. The van der Waals surface area contributed by atoms with Gasteiger partial charge in [0.05, 0.1) is 18.1 Å². The number of esters is 1. The highest BCUT2D eigenvalue weighted by molar-refractivity contribution is 5.91. The van der Waals surface area contributed by atoms with E-state index in [1.807, 2.05) is 6.92 Å². The van der Waals surface area contributed by atoms with Crippen molar-refractivity contribution < 1.29 is 24.5 Å². The van der Waals surface area contributed by atoms with Gasteiger partial charge in [0.1, 0.15) is 12.4 Å². The van der Waals surface area contributed by atoms with Crippen LogP contribution in [0.5, 0.6) is 0 Å². The molecule has 3 aliphatic rings. The first-order chi connectivity index (χ1) is 9.40. The molecule has 3 rings (SSSR count). The van der Waals surface area contributed by atoms with E-state index in [0.717, 1.165) is 6.29 Å². The van der Waals surface area contributed by atoms with E-state index in [1.165, 1.54) is 0 Å². The summed E-state index contributed by atoms with van der Waals surface area (Å²) in [5.74, 6) is -1.44. The predicted octanol–water partition coefficient (Wildman–Crippen LogP) is 0.441. The number of carbonyl (C=O) groups excluding carboxylic acids is 2. The van der Waals surface area contributed by atoms with Gasteiger partial charge < -0.3 is 19.7 Å². The van der Waals surface area contributed by atoms with Crippen LogP contribution in [0.25, 0.3) is 0 Å². The number of rotatable bonds is 1. The number of aldehydes is 1. The Hall–Kier alpha value is -1.20. The first-order valence-corrected chi connectivity index (χ1v) is 7.11. The molecule has 5 nitrogen and oxygen atoms in total. The number of fused-ring (bicyclic) bond motifs is 3. The largest absolute Gasteiger partial charge is 0.458 e. The molecule has 110 valence electrons. The van der Waals surface area contributed by atoms with Gasteiger partial charge in [-0.25, -0.2) is 4.79 Å². The minimum atomic E-state index is -0.764. The second-order valence-electron chi connectivity index (χ2n) is 6.62. The summed E-state index contributed by atoms with van der Waals surface area (Å²) < 4.78 is 5.39. The van der Waals surface area contributed by atoms with Crippen LogP contribution in [0, 0.1) is 23.2 Å². The first kappa shape index (κ1) is 13.8. The smallest absolute Gasteiger partial charge is 0.334 e. The standard InChI is InChI=1S/C15H20O5/c1-7-11-9(17)5-15(2)10(18)4-3-8(6-16)12(15)13(11)20-14(7)19/h6,8-13,17-18H,1,3-5H2,2H3/t8-,9-,10-,11+,12-,13+,15-/m0/s1. The molecule has 0 amide bonds. The highest BCUT2D eigenvalue weighted by Crippen LogP contribution is 2.57. The van der Waals surface area contributed by atoms with Crippen molar-refractivity contribution in [3.8, 4) is 0 Å². The third kappa shape index (κ3) is 1.63. The minimum absolute atomic E-state index is 0.248. The highest BCUT2D eigenvalue weighted by atomic mass is 16.6. The van der Waals surface area contributed by atoms with Gasteiger partial charge in [0.15, 0.2) is 0 Å². The molecule has 20 heavy (non-hydrogen) atoms. The SMILES string of the molecule is C=C1C(=O)O[C@@H]2[C@H]1[C@@H](O)C[C@]1(C)[C@H]2[C@H](C=O)CC[C@@H]1O. The second kappa shape index (κ2) is 4.40. The Labute approximate surface area is 117 Å². The molecule has 2 aliphatic carbocycles. The van der Waals surface area contributed by atoms with Crippen LogP contribution in [-0.4, -0.2) is 40.8 Å². The van der Waals surface area contributed by atoms with Gasteiger partial charge in [0.25, 0.3) is 0 Å². The zero-order valence-electron chi connectivity index (χ0n) is 11.5. The van der Waals surface area contributed by atoms with Crippen LogP contribution in [0.1, 0.15) is 26.2 Å². The van der Waals surface area contributed by atoms with Crippen LogP contribution in [0.3, 0.4) is 0 Å². The monoisotopic (exact) mass is 280 g/mol. The zero-order valence-corrected chi connectivity index (χ0v) is 11.5. The lowest BCUT2D eigenvalue weighted by Crippen LogP contribution is -2.59. The molecule has 3 fully saturated rings. The van der Waals surface area contributed by atoms with Crippen molar-refractivity contribution in [1.82, 2.24) is 0 Å². The number of carbonyl (C=O) groups is 2. The molecule has 0 aromatic heterocycles. The van der Waals surface area contributed by atoms with Gasteiger partial charge in [0.2, 0.25) is 0 Å². The maximum Gasteiger partial charge on any atom is 0.334 e. The van der Waals surface area contributed by atoms with Crippen molar-refractivity contribution in [2.45, 2.75) is 44.5 Å². The lowest BCUT2D eigenvalue weighted by molar-refractivity contribution is -0.185. The predicted molar refractivity (Wildman–Crippen MR) is 69.5 cm³/mol. The lowest BCUT2D eigenvalue weighted by atomic mass is 9.52. The third-order valence-electron chi connectivity index (χ3n) is 5.61. The lowest BCUT2D eigenvalue weighted by Gasteiger charge is -2.55. The number of aliphatic hydroxyl groups excluding tert-OH is 2. The molecule has 5 heteroatoms. The van der Waals surface area contributed by atoms with Gasteiger partial charge in [-0.15, -0.1) is 0 Å². The van der Waals surface area contributed by atoms with Gasteiger partial charge in [-0.1, -0.05) is 13.5 Å². The number of ether oxygens (including phenoxy) is 1. The molecule has 7 atom stereocenters. The molecular weight excluding hydrogens is 260 g/mol. The average molecular weight is 280 g/mol. The minimum Gasteiger partial charge on any atom is -0.458 e. The molecule has 2 N–H and O–H groups in total. The normalized spacial score (nSPS) is 51.1. The fraction of sp³-hybridized carbons (Fsp3) is 0.733. The molecule has 0 aromatic carbocycles. The molecule has 0 spiro atoms. The molecule has 0 aromatic rings. The van der Waals surface area contributed by atoms with Crippen LogP contribution in [0.2, 0.25) is 0 Å². The van der Waals surface area contributed by atoms with E-state index in [-0.39, 0.29) is 17.4 Å². The Bertz CT molecular complexity index is 473. The van der Waals surface area contributed by atoms with Crippen molar-refractivity contribution in [2.24, 2.45) is 23.2 Å². The molecule has 0 unspecified atom stereocenters. The van der Waals surface area contributed by atoms with Crippen molar-refractivity contribution in [2.75, 3.05) is 0 Å². The van der Waals surface area contributed by atoms with E-state index in [9.17, 15) is 19.8 Å². The second-order valence-corrected chi connectivity index (χ2v) is 6.62. The van der Waals surface area contributed by atoms with E-state index < -0.39 is 35.6 Å². The van der Waals surface area contributed by atoms with Crippen LogP contribution < -0.4 is 0 Å². The Morgan fingerprint density at radius 1 is 1.40 bits per heavy atom. The summed E-state index contributed by atoms with van der Waals surface area (Å²) in [7, 11) is 0. The number of hydrogen-bond donors (Lipinski definition) is 2. The number of hydrogen-bond acceptors (Lipinski definition) is 5. The van der Waals surface area contributed by atoms with E-state index in [1.54, 1.807) is 0 Å². The van der Waals surface area contributed by atoms with E-state index in [2.05, 4.69) is 6.58 Å². The van der Waals surface area contributed by atoms with Crippen molar-refractivity contribution in [3.63, 3.8) is 0 Å².